The number of benzene rings is 3. The van der Waals surface area contributed by atoms with Crippen LogP contribution in [0.1, 0.15) is 41.6 Å². The van der Waals surface area contributed by atoms with E-state index in [1.54, 1.807) is 18.0 Å². The number of ether oxygens (including phenoxy) is 2. The first-order valence-corrected chi connectivity index (χ1v) is 15.9. The van der Waals surface area contributed by atoms with Gasteiger partial charge in [0.2, 0.25) is 0 Å². The molecule has 5 rings (SSSR count). The van der Waals surface area contributed by atoms with Crippen molar-refractivity contribution in [2.75, 3.05) is 5.75 Å². The second kappa shape index (κ2) is 14.4. The molecule has 2 heterocycles. The van der Waals surface area contributed by atoms with Gasteiger partial charge < -0.3 is 19.9 Å². The van der Waals surface area contributed by atoms with E-state index in [0.717, 1.165) is 44.2 Å². The second-order valence-corrected chi connectivity index (χ2v) is 13.6. The standard InChI is InChI=1S/C33H31Cl3N2O4S/c1-21-28(20-43-29-7-2-3-16-37-29)41-31(42-30(21)25-10-8-22(19-39)9-11-25)26-14-12-24(13-15-26)27-6-4-5-23(17-27)18-38-32(40)33(34,35)36/h2-17,21,28,30-31,39H,18-20H2,1H3,(H,38,40)/t21-,28+,30+,31+/m0/s1. The zero-order valence-electron chi connectivity index (χ0n) is 23.3. The van der Waals surface area contributed by atoms with Crippen molar-refractivity contribution in [1.82, 2.24) is 10.3 Å². The maximum absolute atomic E-state index is 11.9. The van der Waals surface area contributed by atoms with Crippen LogP contribution in [0.5, 0.6) is 0 Å². The van der Waals surface area contributed by atoms with Gasteiger partial charge in [0.25, 0.3) is 9.70 Å². The summed E-state index contributed by atoms with van der Waals surface area (Å²) >= 11 is 18.6. The first kappa shape index (κ1) is 31.8. The average molecular weight is 658 g/mol. The minimum absolute atomic E-state index is 0.00468. The fraction of sp³-hybridized carbons (Fsp3) is 0.273. The number of carbonyl (C=O) groups is 1. The molecule has 1 aromatic heterocycles. The Kier molecular flexibility index (Phi) is 10.7. The Bertz CT molecular complexity index is 1500. The van der Waals surface area contributed by atoms with Crippen LogP contribution in [0, 0.1) is 5.92 Å². The lowest BCUT2D eigenvalue weighted by Gasteiger charge is -2.41. The minimum atomic E-state index is -2.01. The van der Waals surface area contributed by atoms with Crippen LogP contribution in [0.15, 0.2) is 102 Å². The van der Waals surface area contributed by atoms with Gasteiger partial charge in [-0.15, -0.1) is 11.8 Å². The number of aromatic nitrogens is 1. The number of nitrogens with one attached hydrogen (secondary N) is 1. The van der Waals surface area contributed by atoms with Crippen molar-refractivity contribution in [2.24, 2.45) is 5.92 Å². The Hall–Kier alpha value is -2.62. The van der Waals surface area contributed by atoms with E-state index in [2.05, 4.69) is 17.2 Å². The summed E-state index contributed by atoms with van der Waals surface area (Å²) in [5, 5.41) is 13.1. The van der Waals surface area contributed by atoms with Gasteiger partial charge in [-0.3, -0.25) is 4.79 Å². The highest BCUT2D eigenvalue weighted by molar-refractivity contribution is 7.99. The molecule has 1 fully saturated rings. The lowest BCUT2D eigenvalue weighted by Crippen LogP contribution is -2.38. The zero-order valence-corrected chi connectivity index (χ0v) is 26.4. The first-order valence-electron chi connectivity index (χ1n) is 13.8. The van der Waals surface area contributed by atoms with Gasteiger partial charge in [-0.05, 0) is 46.0 Å². The normalized spacial score (nSPS) is 20.5. The van der Waals surface area contributed by atoms with Crippen molar-refractivity contribution in [3.63, 3.8) is 0 Å². The molecule has 0 bridgehead atoms. The van der Waals surface area contributed by atoms with Crippen LogP contribution < -0.4 is 5.32 Å². The molecule has 3 aromatic carbocycles. The number of aliphatic hydroxyl groups is 1. The summed E-state index contributed by atoms with van der Waals surface area (Å²) in [5.74, 6) is 0.133. The van der Waals surface area contributed by atoms with Crippen molar-refractivity contribution in [1.29, 1.82) is 0 Å². The summed E-state index contributed by atoms with van der Waals surface area (Å²) in [5.41, 5.74) is 5.67. The predicted octanol–water partition coefficient (Wildman–Crippen LogP) is 7.81. The maximum atomic E-state index is 11.9. The number of alkyl halides is 3. The molecule has 4 atom stereocenters. The quantitative estimate of drug-likeness (QED) is 0.141. The van der Waals surface area contributed by atoms with Crippen LogP contribution >= 0.6 is 46.6 Å². The molecule has 6 nitrogen and oxygen atoms in total. The Morgan fingerprint density at radius 1 is 0.907 bits per heavy atom. The number of aliphatic hydroxyl groups excluding tert-OH is 1. The molecule has 224 valence electrons. The fourth-order valence-corrected chi connectivity index (χ4v) is 6.11. The molecule has 1 saturated heterocycles. The van der Waals surface area contributed by atoms with Crippen LogP contribution in [-0.2, 0) is 27.4 Å². The number of carbonyl (C=O) groups excluding carboxylic acids is 1. The highest BCUT2D eigenvalue weighted by Crippen LogP contribution is 2.43. The fourth-order valence-electron chi connectivity index (χ4n) is 4.89. The maximum Gasteiger partial charge on any atom is 0.272 e. The van der Waals surface area contributed by atoms with Crippen LogP contribution in [0.25, 0.3) is 11.1 Å². The van der Waals surface area contributed by atoms with Crippen LogP contribution in [0.4, 0.5) is 0 Å². The molecule has 0 unspecified atom stereocenters. The molecule has 0 spiro atoms. The van der Waals surface area contributed by atoms with E-state index in [0.29, 0.717) is 0 Å². The third kappa shape index (κ3) is 8.31. The van der Waals surface area contributed by atoms with Crippen molar-refractivity contribution in [2.45, 2.75) is 47.4 Å². The average Bonchev–Trinajstić information content (AvgIpc) is 3.03. The molecule has 43 heavy (non-hydrogen) atoms. The van der Waals surface area contributed by atoms with Gasteiger partial charge in [0.05, 0.1) is 23.8 Å². The van der Waals surface area contributed by atoms with E-state index in [4.69, 9.17) is 44.3 Å². The largest absolute Gasteiger partial charge is 0.392 e. The van der Waals surface area contributed by atoms with Crippen LogP contribution in [0.2, 0.25) is 0 Å². The van der Waals surface area contributed by atoms with E-state index < -0.39 is 16.0 Å². The molecule has 10 heteroatoms. The van der Waals surface area contributed by atoms with E-state index in [9.17, 15) is 9.90 Å². The highest BCUT2D eigenvalue weighted by Gasteiger charge is 2.38. The lowest BCUT2D eigenvalue weighted by atomic mass is 9.91. The predicted molar refractivity (Wildman–Crippen MR) is 172 cm³/mol. The number of nitrogens with zero attached hydrogens (tertiary/aromatic N) is 1. The summed E-state index contributed by atoms with van der Waals surface area (Å²) in [6, 6.07) is 29.7. The zero-order chi connectivity index (χ0) is 30.4. The van der Waals surface area contributed by atoms with E-state index in [1.165, 1.54) is 0 Å². The van der Waals surface area contributed by atoms with E-state index in [-0.39, 0.29) is 31.3 Å². The number of amides is 1. The van der Waals surface area contributed by atoms with Gasteiger partial charge in [0.1, 0.15) is 0 Å². The topological polar surface area (TPSA) is 80.7 Å². The van der Waals surface area contributed by atoms with Crippen molar-refractivity contribution < 1.29 is 19.4 Å². The molecule has 1 amide bonds. The Morgan fingerprint density at radius 3 is 2.33 bits per heavy atom. The molecule has 0 aliphatic carbocycles. The molecular weight excluding hydrogens is 627 g/mol. The second-order valence-electron chi connectivity index (χ2n) is 10.3. The van der Waals surface area contributed by atoms with Gasteiger partial charge in [-0.2, -0.15) is 0 Å². The van der Waals surface area contributed by atoms with E-state index in [1.807, 2.05) is 91.0 Å². The van der Waals surface area contributed by atoms with Crippen LogP contribution in [-0.4, -0.2) is 31.6 Å². The van der Waals surface area contributed by atoms with Crippen LogP contribution in [0.3, 0.4) is 0 Å². The number of hydrogen-bond donors (Lipinski definition) is 2. The minimum Gasteiger partial charge on any atom is -0.392 e. The molecule has 2 N–H and O–H groups in total. The lowest BCUT2D eigenvalue weighted by molar-refractivity contribution is -0.268. The Balaban J connectivity index is 1.34. The monoisotopic (exact) mass is 656 g/mol. The summed E-state index contributed by atoms with van der Waals surface area (Å²) in [7, 11) is 0. The van der Waals surface area contributed by atoms with Crippen molar-refractivity contribution in [3.05, 3.63) is 119 Å². The SMILES string of the molecule is C[C@H]1[C@@H](CSc2ccccn2)O[C@@H](c2ccc(-c3cccc(CNC(=O)C(Cl)(Cl)Cl)c3)cc2)O[C@H]1c1ccc(CO)cc1. The van der Waals surface area contributed by atoms with Gasteiger partial charge in [0, 0.05) is 30.0 Å². The summed E-state index contributed by atoms with van der Waals surface area (Å²) in [6.07, 6.45) is 0.945. The summed E-state index contributed by atoms with van der Waals surface area (Å²) in [4.78, 5) is 16.4. The van der Waals surface area contributed by atoms with Gasteiger partial charge in [-0.1, -0.05) is 115 Å². The first-order chi connectivity index (χ1) is 20.7. The number of rotatable bonds is 9. The number of halogens is 3. The number of pyridine rings is 1. The highest BCUT2D eigenvalue weighted by atomic mass is 35.6. The smallest absolute Gasteiger partial charge is 0.272 e. The molecule has 0 saturated carbocycles. The molecule has 4 aromatic rings. The Morgan fingerprint density at radius 2 is 1.65 bits per heavy atom. The van der Waals surface area contributed by atoms with Crippen molar-refractivity contribution in [3.8, 4) is 11.1 Å². The van der Waals surface area contributed by atoms with Crippen molar-refractivity contribution >= 4 is 52.5 Å². The molecule has 1 aliphatic rings. The number of thioether (sulfide) groups is 1. The van der Waals surface area contributed by atoms with Gasteiger partial charge >= 0.3 is 0 Å². The molecule has 0 radical (unpaired) electrons. The van der Waals surface area contributed by atoms with Gasteiger partial charge in [0.15, 0.2) is 6.29 Å². The summed E-state index contributed by atoms with van der Waals surface area (Å²) in [6.45, 7) is 2.38. The molecular formula is C33H31Cl3N2O4S. The number of hydrogen-bond acceptors (Lipinski definition) is 6. The Labute approximate surface area is 270 Å². The molecule has 1 aliphatic heterocycles. The van der Waals surface area contributed by atoms with Gasteiger partial charge in [-0.25, -0.2) is 4.98 Å². The summed E-state index contributed by atoms with van der Waals surface area (Å²) < 4.78 is 11.1. The van der Waals surface area contributed by atoms with E-state index >= 15 is 0 Å². The third-order valence-corrected chi connectivity index (χ3v) is 8.86. The third-order valence-electron chi connectivity index (χ3n) is 7.31.